The normalized spacial score (nSPS) is 30.8. The fraction of sp³-hybridized carbons (Fsp3) is 0.333. The molecule has 0 amide bonds. The number of carbonyl (C=O) groups is 4. The van der Waals surface area contributed by atoms with Crippen LogP contribution >= 0.6 is 0 Å². The third kappa shape index (κ3) is 1.92. The van der Waals surface area contributed by atoms with Gasteiger partial charge in [0, 0.05) is 16.2 Å². The first-order chi connectivity index (χ1) is 20.3. The van der Waals surface area contributed by atoms with Gasteiger partial charge in [0.1, 0.15) is 10.8 Å². The molecule has 2 aliphatic heterocycles. The van der Waals surface area contributed by atoms with E-state index in [2.05, 4.69) is 50.2 Å². The summed E-state index contributed by atoms with van der Waals surface area (Å²) >= 11 is 0. The quantitative estimate of drug-likeness (QED) is 0.213. The second-order valence-electron chi connectivity index (χ2n) is 12.5. The molecule has 0 N–H and O–H groups in total. The van der Waals surface area contributed by atoms with Crippen molar-refractivity contribution in [2.24, 2.45) is 0 Å². The monoisotopic (exact) mass is 556 g/mol. The number of esters is 4. The van der Waals surface area contributed by atoms with E-state index >= 15 is 0 Å². The summed E-state index contributed by atoms with van der Waals surface area (Å²) in [5.74, 6) is -2.10. The number of fused-ring (bicyclic) bond motifs is 8. The minimum absolute atomic E-state index is 0.427. The molecule has 4 atom stereocenters. The van der Waals surface area contributed by atoms with Crippen molar-refractivity contribution < 1.29 is 28.7 Å². The minimum atomic E-state index is -1.05. The van der Waals surface area contributed by atoms with Gasteiger partial charge >= 0.3 is 23.9 Å². The van der Waals surface area contributed by atoms with Crippen molar-refractivity contribution >= 4 is 45.4 Å². The molecule has 6 heteroatoms. The van der Waals surface area contributed by atoms with Crippen molar-refractivity contribution in [1.82, 2.24) is 0 Å². The summed E-state index contributed by atoms with van der Waals surface area (Å²) in [5, 5.41) is 3.83. The van der Waals surface area contributed by atoms with E-state index < -0.39 is 45.5 Å². The van der Waals surface area contributed by atoms with Crippen LogP contribution in [0.3, 0.4) is 0 Å². The van der Waals surface area contributed by atoms with Crippen LogP contribution in [0.4, 0.5) is 0 Å². The van der Waals surface area contributed by atoms with Gasteiger partial charge in [-0.15, -0.1) is 0 Å². The summed E-state index contributed by atoms with van der Waals surface area (Å²) < 4.78 is 10.5. The van der Waals surface area contributed by atoms with Crippen LogP contribution in [-0.4, -0.2) is 23.9 Å². The minimum Gasteiger partial charge on any atom is -0.392 e. The van der Waals surface area contributed by atoms with Crippen LogP contribution < -0.4 is 0 Å². The Kier molecular flexibility index (Phi) is 4.05. The SMILES string of the molecule is CCC12C(=O)OC(=O)C1(CC)c1ccc3c4c(ccc2c14)C1(CC)c2ccc4c5c(ccc(c25)C31CC)C(=O)OC4=O. The van der Waals surface area contributed by atoms with Gasteiger partial charge in [-0.05, 0) is 87.4 Å². The topological polar surface area (TPSA) is 86.7 Å². The maximum Gasteiger partial charge on any atom is 0.346 e. The smallest absolute Gasteiger partial charge is 0.346 e. The lowest BCUT2D eigenvalue weighted by Crippen LogP contribution is -2.48. The average Bonchev–Trinajstić information content (AvgIpc) is 3.59. The summed E-state index contributed by atoms with van der Waals surface area (Å²) in [5.41, 5.74) is 4.21. The molecule has 9 rings (SSSR count). The molecule has 0 spiro atoms. The third-order valence-electron chi connectivity index (χ3n) is 12.2. The fourth-order valence-electron chi connectivity index (χ4n) is 10.8. The van der Waals surface area contributed by atoms with E-state index in [-0.39, 0.29) is 0 Å². The van der Waals surface area contributed by atoms with Gasteiger partial charge in [-0.3, -0.25) is 9.59 Å². The first-order valence-corrected chi connectivity index (χ1v) is 15.0. The summed E-state index contributed by atoms with van der Waals surface area (Å²) in [6.07, 6.45) is 2.52. The molecule has 1 saturated heterocycles. The first-order valence-electron chi connectivity index (χ1n) is 15.0. The van der Waals surface area contributed by atoms with E-state index in [1.165, 1.54) is 11.1 Å². The summed E-state index contributed by atoms with van der Waals surface area (Å²) in [6, 6.07) is 16.3. The fourth-order valence-corrected chi connectivity index (χ4v) is 10.8. The molecule has 5 aliphatic rings. The molecule has 0 saturated carbocycles. The highest BCUT2D eigenvalue weighted by Crippen LogP contribution is 2.72. The van der Waals surface area contributed by atoms with Crippen molar-refractivity contribution in [2.75, 3.05) is 0 Å². The number of carbonyl (C=O) groups excluding carboxylic acids is 4. The molecule has 0 bridgehead atoms. The molecule has 0 aromatic heterocycles. The molecule has 42 heavy (non-hydrogen) atoms. The number of benzene rings is 4. The Labute approximate surface area is 242 Å². The Morgan fingerprint density at radius 2 is 0.738 bits per heavy atom. The predicted octanol–water partition coefficient (Wildman–Crippen LogP) is 6.42. The molecule has 2 heterocycles. The van der Waals surface area contributed by atoms with Crippen LogP contribution in [0.5, 0.6) is 0 Å². The highest BCUT2D eigenvalue weighted by Gasteiger charge is 2.73. The van der Waals surface area contributed by atoms with Crippen molar-refractivity contribution in [3.05, 3.63) is 93.0 Å². The van der Waals surface area contributed by atoms with Crippen LogP contribution in [0.15, 0.2) is 48.5 Å². The standard InChI is InChI=1S/C36H28O6/c1-5-33-19-11-9-17-25-18(30(38)41-29(17)37)10-12-20(26(19)25)34(33,6-2)22-14-16-24-28-23(15-13-21(33)27(22)28)35(7-3)31(39)42-32(40)36(24,35)8-4/h9-16H,5-8H2,1-4H3. The summed E-state index contributed by atoms with van der Waals surface area (Å²) in [4.78, 5) is 53.0. The third-order valence-corrected chi connectivity index (χ3v) is 12.2. The van der Waals surface area contributed by atoms with E-state index in [0.717, 1.165) is 51.3 Å². The van der Waals surface area contributed by atoms with Crippen LogP contribution in [0.2, 0.25) is 0 Å². The zero-order valence-corrected chi connectivity index (χ0v) is 23.9. The molecule has 3 aliphatic carbocycles. The number of rotatable bonds is 4. The van der Waals surface area contributed by atoms with E-state index in [1.54, 1.807) is 0 Å². The van der Waals surface area contributed by atoms with Crippen molar-refractivity contribution in [3.63, 3.8) is 0 Å². The molecular formula is C36H28O6. The molecule has 6 nitrogen and oxygen atoms in total. The Morgan fingerprint density at radius 3 is 1.10 bits per heavy atom. The lowest BCUT2D eigenvalue weighted by molar-refractivity contribution is -0.154. The van der Waals surface area contributed by atoms with Crippen LogP contribution in [0, 0.1) is 0 Å². The maximum absolute atomic E-state index is 13.6. The molecule has 1 fully saturated rings. The lowest BCUT2D eigenvalue weighted by Gasteiger charge is -2.43. The van der Waals surface area contributed by atoms with Gasteiger partial charge in [0.2, 0.25) is 0 Å². The first kappa shape index (κ1) is 24.3. The second kappa shape index (κ2) is 7.00. The van der Waals surface area contributed by atoms with Crippen molar-refractivity contribution in [1.29, 1.82) is 0 Å². The van der Waals surface area contributed by atoms with Crippen molar-refractivity contribution in [2.45, 2.75) is 75.0 Å². The van der Waals surface area contributed by atoms with Gasteiger partial charge in [0.15, 0.2) is 0 Å². The van der Waals surface area contributed by atoms with E-state index in [9.17, 15) is 19.2 Å². The molecule has 4 aromatic rings. The van der Waals surface area contributed by atoms with Crippen LogP contribution in [-0.2, 0) is 40.7 Å². The Morgan fingerprint density at radius 1 is 0.429 bits per heavy atom. The van der Waals surface area contributed by atoms with Crippen molar-refractivity contribution in [3.8, 4) is 0 Å². The maximum atomic E-state index is 13.6. The molecular weight excluding hydrogens is 528 g/mol. The van der Waals surface area contributed by atoms with Crippen LogP contribution in [0.25, 0.3) is 21.5 Å². The number of hydrogen-bond donors (Lipinski definition) is 0. The van der Waals surface area contributed by atoms with E-state index in [0.29, 0.717) is 29.4 Å². The number of ether oxygens (including phenoxy) is 2. The highest BCUT2D eigenvalue weighted by atomic mass is 16.6. The molecule has 0 radical (unpaired) electrons. The van der Waals surface area contributed by atoms with E-state index in [1.807, 2.05) is 26.0 Å². The predicted molar refractivity (Wildman–Crippen MR) is 155 cm³/mol. The highest BCUT2D eigenvalue weighted by molar-refractivity contribution is 6.24. The largest absolute Gasteiger partial charge is 0.392 e. The van der Waals surface area contributed by atoms with Gasteiger partial charge < -0.3 is 9.47 Å². The zero-order chi connectivity index (χ0) is 29.1. The van der Waals surface area contributed by atoms with Gasteiger partial charge in [-0.2, -0.15) is 0 Å². The molecule has 4 aromatic carbocycles. The van der Waals surface area contributed by atoms with Gasteiger partial charge in [0.25, 0.3) is 0 Å². The van der Waals surface area contributed by atoms with E-state index in [4.69, 9.17) is 9.47 Å². The van der Waals surface area contributed by atoms with Gasteiger partial charge in [-0.1, -0.05) is 64.1 Å². The second-order valence-corrected chi connectivity index (χ2v) is 12.5. The molecule has 208 valence electrons. The molecule has 4 unspecified atom stereocenters. The van der Waals surface area contributed by atoms with Crippen LogP contribution in [0.1, 0.15) is 107 Å². The number of cyclic esters (lactones) is 4. The summed E-state index contributed by atoms with van der Waals surface area (Å²) in [7, 11) is 0. The van der Waals surface area contributed by atoms with Gasteiger partial charge in [-0.25, -0.2) is 9.59 Å². The Hall–Kier alpha value is -4.32. The lowest BCUT2D eigenvalue weighted by atomic mass is 9.57. The zero-order valence-electron chi connectivity index (χ0n) is 23.9. The Bertz CT molecular complexity index is 1950. The summed E-state index contributed by atoms with van der Waals surface area (Å²) in [6.45, 7) is 8.39. The number of hydrogen-bond acceptors (Lipinski definition) is 6. The Balaban J connectivity index is 1.48. The average molecular weight is 557 g/mol. The van der Waals surface area contributed by atoms with Gasteiger partial charge in [0.05, 0.1) is 11.1 Å².